The van der Waals surface area contributed by atoms with Gasteiger partial charge in [0.15, 0.2) is 0 Å². The number of halogens is 3. The quantitative estimate of drug-likeness (QED) is 0.786. The number of carbonyl (C=O) groups is 1. The van der Waals surface area contributed by atoms with E-state index in [1.54, 1.807) is 24.3 Å². The molecule has 2 aliphatic rings. The Morgan fingerprint density at radius 2 is 2.08 bits per heavy atom. The SMILES string of the molecule is COc1cccc(OCCC(=O)N2CCCC2C2(C(F)(F)F)N=N2)c1. The largest absolute Gasteiger partial charge is 0.497 e. The minimum Gasteiger partial charge on any atom is -0.497 e. The van der Waals surface area contributed by atoms with Gasteiger partial charge in [-0.2, -0.15) is 13.2 Å². The van der Waals surface area contributed by atoms with Crippen molar-refractivity contribution < 1.29 is 27.4 Å². The van der Waals surface area contributed by atoms with Crippen LogP contribution in [0.1, 0.15) is 19.3 Å². The molecule has 9 heteroatoms. The summed E-state index contributed by atoms with van der Waals surface area (Å²) in [6.07, 6.45) is -3.83. The van der Waals surface area contributed by atoms with E-state index in [9.17, 15) is 18.0 Å². The topological polar surface area (TPSA) is 63.5 Å². The molecule has 3 rings (SSSR count). The molecule has 1 saturated heterocycles. The number of rotatable bonds is 6. The molecule has 1 unspecified atom stereocenters. The Kier molecular flexibility index (Phi) is 4.57. The Morgan fingerprint density at radius 1 is 1.36 bits per heavy atom. The van der Waals surface area contributed by atoms with Crippen molar-refractivity contribution in [3.05, 3.63) is 24.3 Å². The molecular weight excluding hydrogens is 339 g/mol. The third-order valence-electron chi connectivity index (χ3n) is 4.40. The van der Waals surface area contributed by atoms with Gasteiger partial charge in [0.05, 0.1) is 26.2 Å². The number of hydrogen-bond donors (Lipinski definition) is 0. The molecule has 1 amide bonds. The Morgan fingerprint density at radius 3 is 2.72 bits per heavy atom. The first kappa shape index (κ1) is 17.5. The normalized spacial score (nSPS) is 21.3. The molecule has 0 aliphatic carbocycles. The fraction of sp³-hybridized carbons (Fsp3) is 0.562. The highest BCUT2D eigenvalue weighted by Crippen LogP contribution is 2.51. The third kappa shape index (κ3) is 3.40. The van der Waals surface area contributed by atoms with E-state index in [2.05, 4.69) is 10.2 Å². The third-order valence-corrected chi connectivity index (χ3v) is 4.40. The van der Waals surface area contributed by atoms with E-state index < -0.39 is 17.9 Å². The number of ether oxygens (including phenoxy) is 2. The van der Waals surface area contributed by atoms with E-state index in [1.807, 2.05) is 0 Å². The van der Waals surface area contributed by atoms with Gasteiger partial charge in [-0.25, -0.2) is 0 Å². The number of likely N-dealkylation sites (tertiary alicyclic amines) is 1. The highest BCUT2D eigenvalue weighted by atomic mass is 19.4. The van der Waals surface area contributed by atoms with Gasteiger partial charge in [0.2, 0.25) is 5.91 Å². The lowest BCUT2D eigenvalue weighted by molar-refractivity contribution is -0.179. The molecule has 136 valence electrons. The Labute approximate surface area is 142 Å². The van der Waals surface area contributed by atoms with Crippen molar-refractivity contribution in [1.29, 1.82) is 0 Å². The lowest BCUT2D eigenvalue weighted by Crippen LogP contribution is -2.52. The predicted octanol–water partition coefficient (Wildman–Crippen LogP) is 3.18. The summed E-state index contributed by atoms with van der Waals surface area (Å²) in [4.78, 5) is 13.6. The van der Waals surface area contributed by atoms with Gasteiger partial charge >= 0.3 is 11.8 Å². The van der Waals surface area contributed by atoms with Crippen molar-refractivity contribution in [1.82, 2.24) is 4.90 Å². The first-order valence-electron chi connectivity index (χ1n) is 7.94. The Balaban J connectivity index is 1.56. The van der Waals surface area contributed by atoms with Crippen molar-refractivity contribution in [3.63, 3.8) is 0 Å². The summed E-state index contributed by atoms with van der Waals surface area (Å²) in [7, 11) is 1.53. The molecule has 25 heavy (non-hydrogen) atoms. The highest BCUT2D eigenvalue weighted by Gasteiger charge is 2.70. The predicted molar refractivity (Wildman–Crippen MR) is 81.5 cm³/mol. The molecule has 0 saturated carbocycles. The smallest absolute Gasteiger partial charge is 0.439 e. The molecule has 0 spiro atoms. The minimum atomic E-state index is -4.57. The van der Waals surface area contributed by atoms with Crippen LogP contribution in [-0.4, -0.2) is 48.9 Å². The van der Waals surface area contributed by atoms with Crippen LogP contribution >= 0.6 is 0 Å². The molecule has 1 atom stereocenters. The fourth-order valence-electron chi connectivity index (χ4n) is 3.06. The minimum absolute atomic E-state index is 0.0123. The number of amides is 1. The summed E-state index contributed by atoms with van der Waals surface area (Å²) >= 11 is 0. The molecule has 2 heterocycles. The van der Waals surface area contributed by atoms with Crippen molar-refractivity contribution in [2.75, 3.05) is 20.3 Å². The maximum Gasteiger partial charge on any atom is 0.439 e. The van der Waals surface area contributed by atoms with Crippen molar-refractivity contribution >= 4 is 5.91 Å². The monoisotopic (exact) mass is 357 g/mol. The summed E-state index contributed by atoms with van der Waals surface area (Å²) in [5.41, 5.74) is -2.42. The van der Waals surface area contributed by atoms with Gasteiger partial charge in [-0.05, 0) is 25.0 Å². The molecular formula is C16H18F3N3O3. The van der Waals surface area contributed by atoms with E-state index in [0.717, 1.165) is 0 Å². The van der Waals surface area contributed by atoms with Gasteiger partial charge in [-0.1, -0.05) is 6.07 Å². The van der Waals surface area contributed by atoms with Crippen LogP contribution in [-0.2, 0) is 4.79 Å². The molecule has 2 aliphatic heterocycles. The zero-order chi connectivity index (χ0) is 18.1. The van der Waals surface area contributed by atoms with Gasteiger partial charge in [0.25, 0.3) is 0 Å². The molecule has 1 aromatic rings. The first-order chi connectivity index (χ1) is 11.9. The summed E-state index contributed by atoms with van der Waals surface area (Å²) in [6, 6.07) is 5.84. The molecule has 0 radical (unpaired) electrons. The van der Waals surface area contributed by atoms with Gasteiger partial charge < -0.3 is 14.4 Å². The molecule has 0 N–H and O–H groups in total. The van der Waals surface area contributed by atoms with Crippen molar-refractivity contribution in [3.8, 4) is 11.5 Å². The molecule has 6 nitrogen and oxygen atoms in total. The Bertz CT molecular complexity index is 672. The van der Waals surface area contributed by atoms with Gasteiger partial charge in [-0.15, -0.1) is 10.2 Å². The van der Waals surface area contributed by atoms with Crippen LogP contribution in [0.4, 0.5) is 13.2 Å². The number of hydrogen-bond acceptors (Lipinski definition) is 5. The van der Waals surface area contributed by atoms with E-state index in [1.165, 1.54) is 12.0 Å². The van der Waals surface area contributed by atoms with Gasteiger partial charge in [-0.3, -0.25) is 4.79 Å². The van der Waals surface area contributed by atoms with Crippen LogP contribution in [0.25, 0.3) is 0 Å². The number of carbonyl (C=O) groups excluding carboxylic acids is 1. The summed E-state index contributed by atoms with van der Waals surface area (Å²) in [5.74, 6) is 0.767. The summed E-state index contributed by atoms with van der Waals surface area (Å²) in [5, 5.41) is 6.46. The standard InChI is InChI=1S/C16H18F3N3O3/c1-24-11-4-2-5-12(10-11)25-9-7-14(23)22-8-3-6-13(22)15(20-21-15)16(17,18)19/h2,4-5,10,13H,3,6-9H2,1H3. The second-order valence-corrected chi connectivity index (χ2v) is 5.95. The van der Waals surface area contributed by atoms with E-state index in [4.69, 9.17) is 9.47 Å². The van der Waals surface area contributed by atoms with Gasteiger partial charge in [0, 0.05) is 12.6 Å². The maximum atomic E-state index is 13.2. The van der Waals surface area contributed by atoms with Crippen molar-refractivity contribution in [2.45, 2.75) is 37.1 Å². The molecule has 1 aromatic carbocycles. The molecule has 0 bridgehead atoms. The second-order valence-electron chi connectivity index (χ2n) is 5.95. The van der Waals surface area contributed by atoms with Crippen LogP contribution in [0.5, 0.6) is 11.5 Å². The average molecular weight is 357 g/mol. The summed E-state index contributed by atoms with van der Waals surface area (Å²) < 4.78 is 50.1. The number of nitrogens with zero attached hydrogens (tertiary/aromatic N) is 3. The van der Waals surface area contributed by atoms with Crippen LogP contribution in [0, 0.1) is 0 Å². The van der Waals surface area contributed by atoms with Crippen molar-refractivity contribution in [2.24, 2.45) is 10.2 Å². The van der Waals surface area contributed by atoms with E-state index >= 15 is 0 Å². The lowest BCUT2D eigenvalue weighted by Gasteiger charge is -2.29. The van der Waals surface area contributed by atoms with Crippen LogP contribution in [0.15, 0.2) is 34.5 Å². The average Bonchev–Trinajstić information content (AvgIpc) is 3.26. The number of alkyl halides is 3. The molecule has 1 fully saturated rings. The fourth-order valence-corrected chi connectivity index (χ4v) is 3.06. The number of benzene rings is 1. The van der Waals surface area contributed by atoms with Gasteiger partial charge in [0.1, 0.15) is 11.5 Å². The summed E-state index contributed by atoms with van der Waals surface area (Å²) in [6.45, 7) is 0.355. The van der Waals surface area contributed by atoms with Crippen LogP contribution in [0.2, 0.25) is 0 Å². The second kappa shape index (κ2) is 6.53. The highest BCUT2D eigenvalue weighted by molar-refractivity contribution is 5.77. The van der Waals surface area contributed by atoms with Crippen LogP contribution < -0.4 is 9.47 Å². The Hall–Kier alpha value is -2.32. The zero-order valence-corrected chi connectivity index (χ0v) is 13.6. The van der Waals surface area contributed by atoms with E-state index in [-0.39, 0.29) is 31.9 Å². The maximum absolute atomic E-state index is 13.2. The lowest BCUT2D eigenvalue weighted by atomic mass is 10.0. The van der Waals surface area contributed by atoms with Crippen LogP contribution in [0.3, 0.4) is 0 Å². The molecule has 0 aromatic heterocycles. The first-order valence-corrected chi connectivity index (χ1v) is 7.94. The number of methoxy groups -OCH3 is 1. The zero-order valence-electron chi connectivity index (χ0n) is 13.6. The van der Waals surface area contributed by atoms with E-state index in [0.29, 0.717) is 17.9 Å².